The highest BCUT2D eigenvalue weighted by molar-refractivity contribution is 7.91. The van der Waals surface area contributed by atoms with Crippen molar-refractivity contribution in [1.29, 1.82) is 0 Å². The van der Waals surface area contributed by atoms with Crippen LogP contribution in [0.5, 0.6) is 11.5 Å². The molecule has 0 aliphatic heterocycles. The Bertz CT molecular complexity index is 1150. The van der Waals surface area contributed by atoms with Crippen LogP contribution in [0.3, 0.4) is 0 Å². The average molecular weight is 491 g/mol. The highest BCUT2D eigenvalue weighted by atomic mass is 32.2. The summed E-state index contributed by atoms with van der Waals surface area (Å²) in [4.78, 5) is 34.8. The van der Waals surface area contributed by atoms with E-state index in [0.29, 0.717) is 17.7 Å². The molecule has 34 heavy (non-hydrogen) atoms. The molecule has 0 bridgehead atoms. The van der Waals surface area contributed by atoms with Gasteiger partial charge in [0.25, 0.3) is 0 Å². The first-order chi connectivity index (χ1) is 16.0. The molecule has 1 atom stereocenters. The second-order valence-electron chi connectivity index (χ2n) is 8.15. The lowest BCUT2D eigenvalue weighted by atomic mass is 9.97. The van der Waals surface area contributed by atoms with E-state index in [1.54, 1.807) is 6.07 Å². The molecular weight excluding hydrogens is 460 g/mol. The van der Waals surface area contributed by atoms with E-state index in [9.17, 15) is 27.9 Å². The third kappa shape index (κ3) is 6.90. The molecule has 0 spiro atoms. The summed E-state index contributed by atoms with van der Waals surface area (Å²) >= 11 is 0. The summed E-state index contributed by atoms with van der Waals surface area (Å²) in [6.07, 6.45) is 1.14. The van der Waals surface area contributed by atoms with Gasteiger partial charge in [-0.15, -0.1) is 0 Å². The number of ketones is 2. The van der Waals surface area contributed by atoms with E-state index < -0.39 is 21.7 Å². The lowest BCUT2D eigenvalue weighted by Crippen LogP contribution is -2.16. The van der Waals surface area contributed by atoms with Crippen molar-refractivity contribution >= 4 is 27.4 Å². The number of Topliss-reactive ketones (excluding diaryl/α,β-unsaturated/α-hetero) is 2. The molecule has 0 radical (unpaired) electrons. The van der Waals surface area contributed by atoms with Crippen LogP contribution < -0.4 is 4.74 Å². The van der Waals surface area contributed by atoms with Crippen LogP contribution in [0.15, 0.2) is 41.3 Å². The number of carboxylic acid groups (broad SMARTS) is 1. The standard InChI is InChI=1S/C25H30O8S/c1-4-6-21-22(12-11-20(17(3)26)25(21)30)33-13-5-14-34(31,32)19-9-7-18(8-10-19)24(29)16(2)15-23(27)28/h7-12,16,30H,4-6,13-15H2,1-3H3,(H,27,28). The maximum atomic E-state index is 12.7. The van der Waals surface area contributed by atoms with Gasteiger partial charge in [0.2, 0.25) is 0 Å². The van der Waals surface area contributed by atoms with E-state index in [-0.39, 0.29) is 58.5 Å². The number of aromatic hydroxyl groups is 1. The monoisotopic (exact) mass is 490 g/mol. The lowest BCUT2D eigenvalue weighted by Gasteiger charge is -2.14. The third-order valence-corrected chi connectivity index (χ3v) is 7.18. The smallest absolute Gasteiger partial charge is 0.304 e. The van der Waals surface area contributed by atoms with Crippen LogP contribution in [0.1, 0.15) is 66.3 Å². The number of hydrogen-bond donors (Lipinski definition) is 2. The Hall–Kier alpha value is -3.20. The number of benzene rings is 2. The van der Waals surface area contributed by atoms with Crippen LogP contribution in [-0.4, -0.2) is 48.5 Å². The topological polar surface area (TPSA) is 135 Å². The van der Waals surface area contributed by atoms with E-state index >= 15 is 0 Å². The van der Waals surface area contributed by atoms with Crippen molar-refractivity contribution in [3.63, 3.8) is 0 Å². The number of phenolic OH excluding ortho intramolecular Hbond substituents is 1. The van der Waals surface area contributed by atoms with Crippen LogP contribution in [0.4, 0.5) is 0 Å². The van der Waals surface area contributed by atoms with E-state index in [1.165, 1.54) is 44.2 Å². The van der Waals surface area contributed by atoms with Gasteiger partial charge >= 0.3 is 5.97 Å². The first-order valence-electron chi connectivity index (χ1n) is 11.0. The Kier molecular flexibility index (Phi) is 9.37. The highest BCUT2D eigenvalue weighted by Crippen LogP contribution is 2.33. The van der Waals surface area contributed by atoms with Gasteiger partial charge in [-0.2, -0.15) is 0 Å². The minimum Gasteiger partial charge on any atom is -0.507 e. The van der Waals surface area contributed by atoms with Crippen molar-refractivity contribution in [1.82, 2.24) is 0 Å². The fourth-order valence-electron chi connectivity index (χ4n) is 3.54. The summed E-state index contributed by atoms with van der Waals surface area (Å²) in [5.74, 6) is -2.27. The van der Waals surface area contributed by atoms with E-state index in [4.69, 9.17) is 9.84 Å². The fraction of sp³-hybridized carbons (Fsp3) is 0.400. The number of rotatable bonds is 13. The molecule has 2 aromatic rings. The predicted molar refractivity (Wildman–Crippen MR) is 126 cm³/mol. The lowest BCUT2D eigenvalue weighted by molar-refractivity contribution is -0.137. The van der Waals surface area contributed by atoms with Gasteiger partial charge in [-0.1, -0.05) is 32.4 Å². The van der Waals surface area contributed by atoms with Crippen LogP contribution in [0.2, 0.25) is 0 Å². The Balaban J connectivity index is 2.01. The number of carboxylic acids is 1. The Morgan fingerprint density at radius 1 is 1.06 bits per heavy atom. The molecule has 0 amide bonds. The largest absolute Gasteiger partial charge is 0.507 e. The molecule has 0 aliphatic rings. The molecule has 0 saturated carbocycles. The number of carbonyl (C=O) groups excluding carboxylic acids is 2. The zero-order valence-corrected chi connectivity index (χ0v) is 20.4. The summed E-state index contributed by atoms with van der Waals surface area (Å²) in [5, 5.41) is 19.2. The number of ether oxygens (including phenoxy) is 1. The Morgan fingerprint density at radius 2 is 1.71 bits per heavy atom. The Labute approximate surface area is 199 Å². The second kappa shape index (κ2) is 11.8. The molecule has 2 rings (SSSR count). The summed E-state index contributed by atoms with van der Waals surface area (Å²) < 4.78 is 31.0. The van der Waals surface area contributed by atoms with Crippen LogP contribution in [0.25, 0.3) is 0 Å². The van der Waals surface area contributed by atoms with E-state index in [2.05, 4.69) is 0 Å². The van der Waals surface area contributed by atoms with Crippen molar-refractivity contribution in [3.8, 4) is 11.5 Å². The molecule has 2 aromatic carbocycles. The molecule has 0 aliphatic carbocycles. The fourth-order valence-corrected chi connectivity index (χ4v) is 4.83. The normalized spacial score (nSPS) is 12.2. The summed E-state index contributed by atoms with van der Waals surface area (Å²) in [6, 6.07) is 8.56. The predicted octanol–water partition coefficient (Wildman–Crippen LogP) is 4.08. The zero-order valence-electron chi connectivity index (χ0n) is 19.5. The van der Waals surface area contributed by atoms with Gasteiger partial charge in [0.15, 0.2) is 21.4 Å². The summed E-state index contributed by atoms with van der Waals surface area (Å²) in [5.41, 5.74) is 1.00. The maximum Gasteiger partial charge on any atom is 0.304 e. The van der Waals surface area contributed by atoms with Crippen molar-refractivity contribution < 1.29 is 37.8 Å². The highest BCUT2D eigenvalue weighted by Gasteiger charge is 2.20. The maximum absolute atomic E-state index is 12.7. The molecule has 0 aromatic heterocycles. The SMILES string of the molecule is CCCc1c(OCCCS(=O)(=O)c2ccc(C(=O)C(C)CC(=O)O)cc2)ccc(C(C)=O)c1O. The molecule has 2 N–H and O–H groups in total. The number of phenols is 1. The molecule has 0 heterocycles. The third-order valence-electron chi connectivity index (χ3n) is 5.36. The number of aliphatic carboxylic acids is 1. The van der Waals surface area contributed by atoms with Crippen molar-refractivity contribution in [2.75, 3.05) is 12.4 Å². The minimum atomic E-state index is -3.62. The molecular formula is C25H30O8S. The summed E-state index contributed by atoms with van der Waals surface area (Å²) in [6.45, 7) is 4.91. The first-order valence-corrected chi connectivity index (χ1v) is 12.7. The number of carbonyl (C=O) groups is 3. The van der Waals surface area contributed by atoms with Crippen LogP contribution in [-0.2, 0) is 21.1 Å². The molecule has 0 fully saturated rings. The minimum absolute atomic E-state index is 0.0602. The molecule has 8 nitrogen and oxygen atoms in total. The molecule has 1 unspecified atom stereocenters. The molecule has 184 valence electrons. The van der Waals surface area contributed by atoms with Crippen LogP contribution in [0, 0.1) is 5.92 Å². The van der Waals surface area contributed by atoms with E-state index in [1.807, 2.05) is 6.92 Å². The number of sulfone groups is 1. The van der Waals surface area contributed by atoms with Crippen molar-refractivity contribution in [2.45, 2.75) is 51.3 Å². The second-order valence-corrected chi connectivity index (χ2v) is 10.3. The van der Waals surface area contributed by atoms with Gasteiger partial charge in [0, 0.05) is 17.0 Å². The van der Waals surface area contributed by atoms with Crippen LogP contribution >= 0.6 is 0 Å². The van der Waals surface area contributed by atoms with Crippen molar-refractivity contribution in [3.05, 3.63) is 53.1 Å². The quantitative estimate of drug-likeness (QED) is 0.317. The van der Waals surface area contributed by atoms with Gasteiger partial charge in [-0.25, -0.2) is 8.42 Å². The van der Waals surface area contributed by atoms with Gasteiger partial charge in [0.05, 0.1) is 29.2 Å². The van der Waals surface area contributed by atoms with Crippen molar-refractivity contribution in [2.24, 2.45) is 5.92 Å². The van der Waals surface area contributed by atoms with E-state index in [0.717, 1.165) is 6.42 Å². The first kappa shape index (κ1) is 27.0. The van der Waals surface area contributed by atoms with Gasteiger partial charge in [-0.3, -0.25) is 14.4 Å². The molecule has 0 saturated heterocycles. The zero-order chi connectivity index (χ0) is 25.5. The average Bonchev–Trinajstić information content (AvgIpc) is 2.77. The van der Waals surface area contributed by atoms with Gasteiger partial charge in [0.1, 0.15) is 11.5 Å². The van der Waals surface area contributed by atoms with Gasteiger partial charge in [-0.05, 0) is 44.0 Å². The number of hydrogen-bond acceptors (Lipinski definition) is 7. The summed E-state index contributed by atoms with van der Waals surface area (Å²) in [7, 11) is -3.62. The van der Waals surface area contributed by atoms with Gasteiger partial charge < -0.3 is 14.9 Å². The Morgan fingerprint density at radius 3 is 2.26 bits per heavy atom. The molecule has 9 heteroatoms.